The van der Waals surface area contributed by atoms with Crippen molar-refractivity contribution in [3.8, 4) is 0 Å². The second-order valence-corrected chi connectivity index (χ2v) is 10.3. The van der Waals surface area contributed by atoms with Gasteiger partial charge in [0.05, 0.1) is 13.0 Å². The molecule has 2 aromatic carbocycles. The van der Waals surface area contributed by atoms with Gasteiger partial charge in [0, 0.05) is 42.1 Å². The highest BCUT2D eigenvalue weighted by atomic mass is 35.5. The zero-order chi connectivity index (χ0) is 27.1. The van der Waals surface area contributed by atoms with Crippen molar-refractivity contribution in [3.05, 3.63) is 99.3 Å². The first kappa shape index (κ1) is 27.6. The molecule has 4 rings (SSSR count). The summed E-state index contributed by atoms with van der Waals surface area (Å²) in [5.41, 5.74) is 3.97. The van der Waals surface area contributed by atoms with Gasteiger partial charge >= 0.3 is 0 Å². The first-order valence-electron chi connectivity index (χ1n) is 12.5. The molecule has 1 saturated heterocycles. The molecule has 0 saturated carbocycles. The van der Waals surface area contributed by atoms with Crippen LogP contribution < -0.4 is 5.32 Å². The number of amides is 3. The fraction of sp³-hybridized carbons (Fsp3) is 0.310. The summed E-state index contributed by atoms with van der Waals surface area (Å²) in [6, 6.07) is 16.0. The highest BCUT2D eigenvalue weighted by Gasteiger charge is 2.40. The van der Waals surface area contributed by atoms with Gasteiger partial charge in [-0.25, -0.2) is 0 Å². The van der Waals surface area contributed by atoms with E-state index in [0.29, 0.717) is 36.0 Å². The molecular weight excluding hydrogens is 523 g/mol. The average molecular weight is 553 g/mol. The molecule has 0 radical (unpaired) electrons. The topological polar surface area (TPSA) is 82.6 Å². The third-order valence-electron chi connectivity index (χ3n) is 6.62. The molecule has 1 fully saturated rings. The zero-order valence-corrected chi connectivity index (χ0v) is 22.7. The van der Waals surface area contributed by atoms with E-state index in [-0.39, 0.29) is 37.2 Å². The van der Waals surface area contributed by atoms with E-state index in [1.54, 1.807) is 36.7 Å². The lowest BCUT2D eigenvalue weighted by Gasteiger charge is -2.40. The molecule has 0 aliphatic carbocycles. The van der Waals surface area contributed by atoms with E-state index in [4.69, 9.17) is 23.2 Å². The highest BCUT2D eigenvalue weighted by molar-refractivity contribution is 6.35. The van der Waals surface area contributed by atoms with E-state index < -0.39 is 6.04 Å². The van der Waals surface area contributed by atoms with Crippen molar-refractivity contribution in [2.45, 2.75) is 38.8 Å². The number of hydrogen-bond acceptors (Lipinski definition) is 4. The Balaban J connectivity index is 1.44. The molecule has 7 nitrogen and oxygen atoms in total. The van der Waals surface area contributed by atoms with Crippen LogP contribution in [0.2, 0.25) is 10.0 Å². The smallest absolute Gasteiger partial charge is 0.246 e. The molecule has 3 aromatic rings. The van der Waals surface area contributed by atoms with Crippen LogP contribution >= 0.6 is 23.2 Å². The van der Waals surface area contributed by atoms with Crippen LogP contribution in [-0.2, 0) is 33.8 Å². The number of nitrogens with zero attached hydrogens (tertiary/aromatic N) is 3. The van der Waals surface area contributed by atoms with E-state index in [1.165, 1.54) is 15.4 Å². The largest absolute Gasteiger partial charge is 0.356 e. The summed E-state index contributed by atoms with van der Waals surface area (Å²) in [5.74, 6) is -0.732. The Labute approximate surface area is 232 Å². The third-order valence-corrected chi connectivity index (χ3v) is 7.21. The van der Waals surface area contributed by atoms with Crippen LogP contribution in [0.5, 0.6) is 0 Å². The number of hydrogen-bond donors (Lipinski definition) is 1. The van der Waals surface area contributed by atoms with Gasteiger partial charge in [0.25, 0.3) is 0 Å². The molecule has 0 spiro atoms. The predicted molar refractivity (Wildman–Crippen MR) is 148 cm³/mol. The summed E-state index contributed by atoms with van der Waals surface area (Å²) < 4.78 is 0. The quantitative estimate of drug-likeness (QED) is 0.408. The number of carbonyl (C=O) groups excluding carboxylic acids is 3. The fourth-order valence-electron chi connectivity index (χ4n) is 4.45. The van der Waals surface area contributed by atoms with E-state index in [2.05, 4.69) is 10.3 Å². The van der Waals surface area contributed by atoms with Crippen molar-refractivity contribution in [3.63, 3.8) is 0 Å². The maximum absolute atomic E-state index is 13.6. The maximum Gasteiger partial charge on any atom is 0.246 e. The number of aromatic nitrogens is 1. The summed E-state index contributed by atoms with van der Waals surface area (Å²) in [6.07, 6.45) is 4.32. The molecule has 1 atom stereocenters. The van der Waals surface area contributed by atoms with Crippen molar-refractivity contribution < 1.29 is 14.4 Å². The Morgan fingerprint density at radius 3 is 2.45 bits per heavy atom. The van der Waals surface area contributed by atoms with Crippen LogP contribution in [-0.4, -0.2) is 58.2 Å². The molecule has 2 heterocycles. The Morgan fingerprint density at radius 2 is 1.74 bits per heavy atom. The lowest BCUT2D eigenvalue weighted by molar-refractivity contribution is -0.157. The van der Waals surface area contributed by atoms with Crippen LogP contribution in [0.15, 0.2) is 67.0 Å². The van der Waals surface area contributed by atoms with Crippen LogP contribution in [0, 0.1) is 6.92 Å². The van der Waals surface area contributed by atoms with Crippen LogP contribution in [0.4, 0.5) is 0 Å². The van der Waals surface area contributed by atoms with Crippen molar-refractivity contribution in [1.82, 2.24) is 20.1 Å². The van der Waals surface area contributed by atoms with Gasteiger partial charge in [-0.3, -0.25) is 19.4 Å². The van der Waals surface area contributed by atoms with Gasteiger partial charge in [-0.15, -0.1) is 0 Å². The average Bonchev–Trinajstić information content (AvgIpc) is 2.90. The Hall–Kier alpha value is -3.42. The number of nitrogens with one attached hydrogen (secondary N) is 1. The number of piperazine rings is 1. The maximum atomic E-state index is 13.6. The van der Waals surface area contributed by atoms with E-state index in [0.717, 1.165) is 16.7 Å². The third kappa shape index (κ3) is 7.33. The van der Waals surface area contributed by atoms with E-state index >= 15 is 0 Å². The van der Waals surface area contributed by atoms with Gasteiger partial charge in [-0.05, 0) is 60.7 Å². The molecule has 1 aromatic heterocycles. The molecule has 1 aliphatic rings. The predicted octanol–water partition coefficient (Wildman–Crippen LogP) is 4.23. The lowest BCUT2D eigenvalue weighted by atomic mass is 10.0. The second-order valence-electron chi connectivity index (χ2n) is 9.43. The number of halogens is 2. The molecule has 9 heteroatoms. The number of rotatable bonds is 10. The summed E-state index contributed by atoms with van der Waals surface area (Å²) >= 11 is 12.3. The summed E-state index contributed by atoms with van der Waals surface area (Å²) in [4.78, 5) is 46.8. The first-order valence-corrected chi connectivity index (χ1v) is 13.3. The van der Waals surface area contributed by atoms with Gasteiger partial charge in [0.15, 0.2) is 0 Å². The number of benzene rings is 2. The minimum absolute atomic E-state index is 0.0549. The van der Waals surface area contributed by atoms with Crippen LogP contribution in [0.1, 0.15) is 28.7 Å². The molecule has 1 aliphatic heterocycles. The Morgan fingerprint density at radius 1 is 1.00 bits per heavy atom. The van der Waals surface area contributed by atoms with Crippen LogP contribution in [0.25, 0.3) is 0 Å². The number of pyridine rings is 1. The molecule has 0 bridgehead atoms. The molecule has 38 heavy (non-hydrogen) atoms. The Bertz CT molecular complexity index is 1280. The highest BCUT2D eigenvalue weighted by Crippen LogP contribution is 2.23. The van der Waals surface area contributed by atoms with Gasteiger partial charge < -0.3 is 15.1 Å². The van der Waals surface area contributed by atoms with Crippen molar-refractivity contribution in [2.75, 3.05) is 19.6 Å². The Kier molecular flexibility index (Phi) is 9.37. The summed E-state index contributed by atoms with van der Waals surface area (Å²) in [5, 5.41) is 3.95. The molecule has 1 N–H and O–H groups in total. The van der Waals surface area contributed by atoms with Gasteiger partial charge in [0.1, 0.15) is 6.04 Å². The van der Waals surface area contributed by atoms with Crippen molar-refractivity contribution in [2.24, 2.45) is 0 Å². The van der Waals surface area contributed by atoms with Gasteiger partial charge in [-0.2, -0.15) is 0 Å². The van der Waals surface area contributed by atoms with Crippen molar-refractivity contribution >= 4 is 40.9 Å². The minimum atomic E-state index is -0.899. The second kappa shape index (κ2) is 12.9. The fourth-order valence-corrected chi connectivity index (χ4v) is 4.95. The normalized spacial score (nSPS) is 15.6. The minimum Gasteiger partial charge on any atom is -0.356 e. The monoisotopic (exact) mass is 552 g/mol. The van der Waals surface area contributed by atoms with Gasteiger partial charge in [-0.1, -0.05) is 59.1 Å². The number of aryl methyl sites for hydroxylation is 1. The van der Waals surface area contributed by atoms with E-state index in [9.17, 15) is 14.4 Å². The van der Waals surface area contributed by atoms with Gasteiger partial charge in [0.2, 0.25) is 17.7 Å². The first-order chi connectivity index (χ1) is 18.3. The summed E-state index contributed by atoms with van der Waals surface area (Å²) in [7, 11) is 0. The number of carbonyl (C=O) groups is 3. The molecule has 3 amide bonds. The molecular formula is C29H30Cl2N4O3. The van der Waals surface area contributed by atoms with Crippen LogP contribution in [0.3, 0.4) is 0 Å². The van der Waals surface area contributed by atoms with E-state index in [1.807, 2.05) is 37.3 Å². The zero-order valence-electron chi connectivity index (χ0n) is 21.2. The lowest BCUT2D eigenvalue weighted by Crippen LogP contribution is -2.60. The van der Waals surface area contributed by atoms with Crippen molar-refractivity contribution in [1.29, 1.82) is 0 Å². The SMILES string of the molecule is Cc1ccc(CCNC(=O)CC2C(=O)N(CCc3ccc(Cl)cc3Cl)CC(=O)N2Cc2ccncc2)cc1. The summed E-state index contributed by atoms with van der Waals surface area (Å²) in [6.45, 7) is 2.95. The molecule has 198 valence electrons. The molecule has 1 unspecified atom stereocenters. The standard InChI is InChI=1S/C29H30Cl2N4O3/c1-20-2-4-21(5-3-20)10-14-33-27(36)17-26-29(38)34(15-11-23-6-7-24(30)16-25(23)31)19-28(37)35(26)18-22-8-12-32-13-9-22/h2-9,12-13,16,26H,10-11,14-15,17-19H2,1H3,(H,33,36).